The lowest BCUT2D eigenvalue weighted by Crippen LogP contribution is -2.20. The molecule has 0 saturated heterocycles. The Kier molecular flexibility index (Phi) is 3.34. The molecule has 1 N–H and O–H groups in total. The zero-order chi connectivity index (χ0) is 16.8. The van der Waals surface area contributed by atoms with Crippen molar-refractivity contribution in [1.29, 1.82) is 0 Å². The molecule has 2 aliphatic rings. The molecule has 0 aromatic heterocycles. The van der Waals surface area contributed by atoms with E-state index < -0.39 is 0 Å². The minimum Gasteiger partial charge on any atom is -0.508 e. The molecule has 2 aromatic rings. The van der Waals surface area contributed by atoms with Crippen LogP contribution in [0.1, 0.15) is 40.9 Å². The Morgan fingerprint density at radius 3 is 2.58 bits per heavy atom. The van der Waals surface area contributed by atoms with E-state index in [0.717, 1.165) is 28.9 Å². The molecule has 4 heteroatoms. The molecular weight excluding hydrogens is 304 g/mol. The predicted molar refractivity (Wildman–Crippen MR) is 89.8 cm³/mol. The van der Waals surface area contributed by atoms with Crippen LogP contribution in [0.25, 0.3) is 0 Å². The van der Waals surface area contributed by atoms with Crippen LogP contribution in [0.4, 0.5) is 0 Å². The van der Waals surface area contributed by atoms with Gasteiger partial charge in [-0.25, -0.2) is 0 Å². The van der Waals surface area contributed by atoms with E-state index in [4.69, 9.17) is 9.47 Å². The van der Waals surface area contributed by atoms with Gasteiger partial charge in [0.15, 0.2) is 5.78 Å². The predicted octanol–water partition coefficient (Wildman–Crippen LogP) is 3.98. The van der Waals surface area contributed by atoms with Crippen molar-refractivity contribution >= 4 is 5.78 Å². The maximum atomic E-state index is 12.6. The molecule has 0 bridgehead atoms. The number of ketones is 1. The number of hydrogen-bond donors (Lipinski definition) is 1. The standard InChI is InChI=1S/C20H18O4/c1-11(2)17-8-13-7-15-16(22)9-18(12-3-5-14(21)6-4-12)24-20(15)10-19(13)23-17/h3-7,10,17-18,21H,1,8-9H2,2H3/t17-,18-/m0/s1. The fourth-order valence-electron chi connectivity index (χ4n) is 3.21. The van der Waals surface area contributed by atoms with Crippen LogP contribution < -0.4 is 9.47 Å². The molecule has 0 spiro atoms. The van der Waals surface area contributed by atoms with Crippen LogP contribution in [-0.4, -0.2) is 17.0 Å². The molecular formula is C20H18O4. The summed E-state index contributed by atoms with van der Waals surface area (Å²) in [6, 6.07) is 10.5. The Hall–Kier alpha value is -2.75. The van der Waals surface area contributed by atoms with Gasteiger partial charge < -0.3 is 14.6 Å². The summed E-state index contributed by atoms with van der Waals surface area (Å²) in [6.07, 6.45) is 0.655. The summed E-state index contributed by atoms with van der Waals surface area (Å²) in [6.45, 7) is 5.89. The molecule has 2 aromatic carbocycles. The van der Waals surface area contributed by atoms with Crippen molar-refractivity contribution in [3.05, 3.63) is 65.2 Å². The van der Waals surface area contributed by atoms with Crippen LogP contribution in [0.2, 0.25) is 0 Å². The summed E-state index contributed by atoms with van der Waals surface area (Å²) in [5.41, 5.74) is 3.49. The highest BCUT2D eigenvalue weighted by atomic mass is 16.5. The lowest BCUT2D eigenvalue weighted by Gasteiger charge is -2.26. The summed E-state index contributed by atoms with van der Waals surface area (Å²) in [4.78, 5) is 12.6. The lowest BCUT2D eigenvalue weighted by molar-refractivity contribution is 0.0849. The van der Waals surface area contributed by atoms with Gasteiger partial charge in [-0.3, -0.25) is 4.79 Å². The van der Waals surface area contributed by atoms with Crippen molar-refractivity contribution in [3.8, 4) is 17.2 Å². The zero-order valence-corrected chi connectivity index (χ0v) is 13.4. The van der Waals surface area contributed by atoms with Gasteiger partial charge in [0, 0.05) is 12.5 Å². The number of ether oxygens (including phenoxy) is 2. The Bertz CT molecular complexity index is 835. The number of rotatable bonds is 2. The van der Waals surface area contributed by atoms with Crippen molar-refractivity contribution in [2.24, 2.45) is 0 Å². The van der Waals surface area contributed by atoms with Crippen LogP contribution in [0, 0.1) is 0 Å². The Morgan fingerprint density at radius 2 is 1.88 bits per heavy atom. The summed E-state index contributed by atoms with van der Waals surface area (Å²) in [5.74, 6) is 1.58. The molecule has 0 saturated carbocycles. The van der Waals surface area contributed by atoms with Crippen LogP contribution >= 0.6 is 0 Å². The van der Waals surface area contributed by atoms with Gasteiger partial charge in [-0.05, 0) is 41.8 Å². The molecule has 2 heterocycles. The highest BCUT2D eigenvalue weighted by Gasteiger charge is 2.32. The smallest absolute Gasteiger partial charge is 0.170 e. The third-order valence-corrected chi connectivity index (χ3v) is 4.59. The summed E-state index contributed by atoms with van der Waals surface area (Å²) in [5, 5.41) is 9.41. The largest absolute Gasteiger partial charge is 0.508 e. The highest BCUT2D eigenvalue weighted by Crippen LogP contribution is 2.42. The first kappa shape index (κ1) is 14.8. The maximum Gasteiger partial charge on any atom is 0.170 e. The summed E-state index contributed by atoms with van der Waals surface area (Å²) < 4.78 is 11.9. The molecule has 0 amide bonds. The van der Waals surface area contributed by atoms with Gasteiger partial charge in [-0.15, -0.1) is 0 Å². The molecule has 0 aliphatic carbocycles. The number of aromatic hydroxyl groups is 1. The number of carbonyl (C=O) groups excluding carboxylic acids is 1. The van der Waals surface area contributed by atoms with Crippen molar-refractivity contribution in [1.82, 2.24) is 0 Å². The molecule has 0 radical (unpaired) electrons. The van der Waals surface area contributed by atoms with Crippen molar-refractivity contribution < 1.29 is 19.4 Å². The fraction of sp³-hybridized carbons (Fsp3) is 0.250. The minimum atomic E-state index is -0.345. The second kappa shape index (κ2) is 5.41. The van der Waals surface area contributed by atoms with Gasteiger partial charge in [0.25, 0.3) is 0 Å². The first-order valence-electron chi connectivity index (χ1n) is 7.99. The monoisotopic (exact) mass is 322 g/mol. The van der Waals surface area contributed by atoms with E-state index in [-0.39, 0.29) is 23.7 Å². The number of phenols is 1. The van der Waals surface area contributed by atoms with Gasteiger partial charge in [0.2, 0.25) is 0 Å². The second-order valence-corrected chi connectivity index (χ2v) is 6.44. The van der Waals surface area contributed by atoms with Gasteiger partial charge in [-0.1, -0.05) is 18.7 Å². The molecule has 122 valence electrons. The number of phenolic OH excluding ortho intramolecular Hbond substituents is 1. The molecule has 2 atom stereocenters. The third kappa shape index (κ3) is 2.44. The quantitative estimate of drug-likeness (QED) is 0.850. The van der Waals surface area contributed by atoms with Gasteiger partial charge in [0.05, 0.1) is 12.0 Å². The molecule has 0 fully saturated rings. The number of carbonyl (C=O) groups is 1. The summed E-state index contributed by atoms with van der Waals surface area (Å²) >= 11 is 0. The van der Waals surface area contributed by atoms with E-state index in [9.17, 15) is 9.90 Å². The van der Waals surface area contributed by atoms with Crippen molar-refractivity contribution in [2.45, 2.75) is 32.0 Å². The number of Topliss-reactive ketones (excluding diaryl/α,β-unsaturated/α-hetero) is 1. The van der Waals surface area contributed by atoms with Crippen LogP contribution in [0.15, 0.2) is 48.6 Å². The Balaban J connectivity index is 1.66. The average molecular weight is 322 g/mol. The SMILES string of the molecule is C=C(C)[C@@H]1Cc2cc3c(cc2O1)O[C@H](c1ccc(O)cc1)CC3=O. The first-order chi connectivity index (χ1) is 11.5. The van der Waals surface area contributed by atoms with Crippen LogP contribution in [0.3, 0.4) is 0 Å². The van der Waals surface area contributed by atoms with E-state index in [1.165, 1.54) is 0 Å². The molecule has 4 nitrogen and oxygen atoms in total. The third-order valence-electron chi connectivity index (χ3n) is 4.59. The number of benzene rings is 2. The average Bonchev–Trinajstić information content (AvgIpc) is 2.97. The van der Waals surface area contributed by atoms with E-state index in [0.29, 0.717) is 17.7 Å². The molecule has 2 aliphatic heterocycles. The second-order valence-electron chi connectivity index (χ2n) is 6.44. The van der Waals surface area contributed by atoms with Crippen molar-refractivity contribution in [3.63, 3.8) is 0 Å². The van der Waals surface area contributed by atoms with Gasteiger partial charge >= 0.3 is 0 Å². The Morgan fingerprint density at radius 1 is 1.12 bits per heavy atom. The normalized spacial score (nSPS) is 21.5. The van der Waals surface area contributed by atoms with Gasteiger partial charge in [0.1, 0.15) is 29.5 Å². The summed E-state index contributed by atoms with van der Waals surface area (Å²) in [7, 11) is 0. The lowest BCUT2D eigenvalue weighted by atomic mass is 9.94. The van der Waals surface area contributed by atoms with E-state index in [1.807, 2.05) is 19.1 Å². The van der Waals surface area contributed by atoms with Crippen LogP contribution in [-0.2, 0) is 6.42 Å². The van der Waals surface area contributed by atoms with E-state index >= 15 is 0 Å². The van der Waals surface area contributed by atoms with Gasteiger partial charge in [-0.2, -0.15) is 0 Å². The molecule has 0 unspecified atom stereocenters. The number of hydrogen-bond acceptors (Lipinski definition) is 4. The molecule has 4 rings (SSSR count). The maximum absolute atomic E-state index is 12.6. The zero-order valence-electron chi connectivity index (χ0n) is 13.4. The first-order valence-corrected chi connectivity index (χ1v) is 7.99. The Labute approximate surface area is 140 Å². The van der Waals surface area contributed by atoms with Crippen molar-refractivity contribution in [2.75, 3.05) is 0 Å². The number of fused-ring (bicyclic) bond motifs is 2. The minimum absolute atomic E-state index is 0.0353. The van der Waals surface area contributed by atoms with E-state index in [1.54, 1.807) is 24.3 Å². The molecule has 24 heavy (non-hydrogen) atoms. The fourth-order valence-corrected chi connectivity index (χ4v) is 3.21. The van der Waals surface area contributed by atoms with E-state index in [2.05, 4.69) is 6.58 Å². The highest BCUT2D eigenvalue weighted by molar-refractivity contribution is 6.00. The topological polar surface area (TPSA) is 55.8 Å². The van der Waals surface area contributed by atoms with Crippen LogP contribution in [0.5, 0.6) is 17.2 Å².